The van der Waals surface area contributed by atoms with Gasteiger partial charge in [0.25, 0.3) is 0 Å². The molecule has 1 rings (SSSR count). The molecule has 0 saturated carbocycles. The molecule has 7 heteroatoms. The first-order valence-corrected chi connectivity index (χ1v) is 6.58. The monoisotopic (exact) mass is 274 g/mol. The summed E-state index contributed by atoms with van der Waals surface area (Å²) in [6, 6.07) is 0. The molecule has 18 heavy (non-hydrogen) atoms. The number of nitrogens with zero attached hydrogens (tertiary/aromatic N) is 4. The number of aliphatic hydroxyl groups is 2. The average molecular weight is 274 g/mol. The van der Waals surface area contributed by atoms with Gasteiger partial charge >= 0.3 is 0 Å². The maximum Gasteiger partial charge on any atom is 0.204 e. The van der Waals surface area contributed by atoms with E-state index in [2.05, 4.69) is 9.36 Å². The second kappa shape index (κ2) is 6.42. The Bertz CT molecular complexity index is 366. The summed E-state index contributed by atoms with van der Waals surface area (Å²) >= 11 is 1.37. The van der Waals surface area contributed by atoms with Crippen molar-refractivity contribution in [2.24, 2.45) is 5.41 Å². The third-order valence-electron chi connectivity index (χ3n) is 2.67. The molecular weight excluding hydrogens is 252 g/mol. The van der Waals surface area contributed by atoms with Crippen molar-refractivity contribution in [3.63, 3.8) is 0 Å². The van der Waals surface area contributed by atoms with Crippen LogP contribution in [0.4, 0.5) is 5.13 Å². The molecule has 0 aliphatic carbocycles. The van der Waals surface area contributed by atoms with Crippen LogP contribution in [0.25, 0.3) is 0 Å². The second-order valence-corrected chi connectivity index (χ2v) is 5.92. The second-order valence-electron chi connectivity index (χ2n) is 5.19. The van der Waals surface area contributed by atoms with E-state index >= 15 is 0 Å². The van der Waals surface area contributed by atoms with Crippen LogP contribution in [0.1, 0.15) is 12.7 Å². The third-order valence-corrected chi connectivity index (χ3v) is 3.59. The van der Waals surface area contributed by atoms with Gasteiger partial charge in [-0.1, -0.05) is 6.92 Å². The summed E-state index contributed by atoms with van der Waals surface area (Å²) in [5.41, 5.74) is -0.491. The molecule has 0 bridgehead atoms. The first-order valence-electron chi connectivity index (χ1n) is 5.80. The van der Waals surface area contributed by atoms with E-state index in [0.717, 1.165) is 11.0 Å². The zero-order valence-electron chi connectivity index (χ0n) is 11.4. The Labute approximate surface area is 112 Å². The molecule has 1 aromatic heterocycles. The van der Waals surface area contributed by atoms with E-state index in [4.69, 9.17) is 0 Å². The van der Waals surface area contributed by atoms with E-state index in [0.29, 0.717) is 13.1 Å². The third kappa shape index (κ3) is 4.16. The highest BCUT2D eigenvalue weighted by molar-refractivity contribution is 7.09. The fourth-order valence-corrected chi connectivity index (χ4v) is 2.18. The molecule has 1 heterocycles. The van der Waals surface area contributed by atoms with Crippen LogP contribution in [-0.4, -0.2) is 65.4 Å². The van der Waals surface area contributed by atoms with Crippen molar-refractivity contribution >= 4 is 16.7 Å². The molecule has 0 unspecified atom stereocenters. The van der Waals surface area contributed by atoms with Crippen molar-refractivity contribution in [1.29, 1.82) is 0 Å². The Morgan fingerprint density at radius 2 is 1.83 bits per heavy atom. The van der Waals surface area contributed by atoms with Crippen LogP contribution in [0.5, 0.6) is 0 Å². The molecule has 0 saturated heterocycles. The fraction of sp³-hybridized carbons (Fsp3) is 0.818. The van der Waals surface area contributed by atoms with Gasteiger partial charge in [0.15, 0.2) is 5.82 Å². The minimum atomic E-state index is -0.491. The Kier molecular flexibility index (Phi) is 5.46. The van der Waals surface area contributed by atoms with Gasteiger partial charge in [0.2, 0.25) is 5.13 Å². The lowest BCUT2D eigenvalue weighted by Gasteiger charge is -2.29. The van der Waals surface area contributed by atoms with Crippen LogP contribution in [0, 0.1) is 5.41 Å². The number of rotatable bonds is 7. The number of aliphatic hydroxyl groups excluding tert-OH is 2. The molecule has 0 amide bonds. The predicted molar refractivity (Wildman–Crippen MR) is 72.8 cm³/mol. The van der Waals surface area contributed by atoms with Crippen LogP contribution in [-0.2, 0) is 6.54 Å². The summed E-state index contributed by atoms with van der Waals surface area (Å²) in [6.07, 6.45) is 0. The normalized spacial score (nSPS) is 12.2. The Balaban J connectivity index is 2.56. The molecule has 0 aromatic carbocycles. The van der Waals surface area contributed by atoms with E-state index in [-0.39, 0.29) is 13.2 Å². The summed E-state index contributed by atoms with van der Waals surface area (Å²) in [7, 11) is 5.80. The van der Waals surface area contributed by atoms with Crippen molar-refractivity contribution in [2.45, 2.75) is 13.5 Å². The molecule has 0 aliphatic heterocycles. The molecule has 0 spiro atoms. The van der Waals surface area contributed by atoms with Crippen LogP contribution < -0.4 is 4.90 Å². The fourth-order valence-electron chi connectivity index (χ4n) is 1.59. The zero-order valence-corrected chi connectivity index (χ0v) is 12.2. The van der Waals surface area contributed by atoms with Gasteiger partial charge in [-0.25, -0.2) is 4.98 Å². The zero-order chi connectivity index (χ0) is 13.8. The molecule has 0 aliphatic rings. The topological polar surface area (TPSA) is 72.7 Å². The lowest BCUT2D eigenvalue weighted by molar-refractivity contribution is 0.0397. The summed E-state index contributed by atoms with van der Waals surface area (Å²) in [5, 5.41) is 19.4. The number of aromatic nitrogens is 2. The largest absolute Gasteiger partial charge is 0.396 e. The predicted octanol–water partition coefficient (Wildman–Crippen LogP) is 0.0268. The van der Waals surface area contributed by atoms with Crippen molar-refractivity contribution in [2.75, 3.05) is 45.8 Å². The highest BCUT2D eigenvalue weighted by Crippen LogP contribution is 2.18. The summed E-state index contributed by atoms with van der Waals surface area (Å²) in [4.78, 5) is 8.33. The lowest BCUT2D eigenvalue weighted by atomic mass is 9.92. The lowest BCUT2D eigenvalue weighted by Crippen LogP contribution is -2.38. The molecule has 2 N–H and O–H groups in total. The minimum Gasteiger partial charge on any atom is -0.396 e. The molecular formula is C11H22N4O2S. The number of anilines is 1. The quantitative estimate of drug-likeness (QED) is 0.731. The van der Waals surface area contributed by atoms with Crippen LogP contribution in [0.15, 0.2) is 0 Å². The van der Waals surface area contributed by atoms with Gasteiger partial charge in [0.05, 0.1) is 19.8 Å². The Hall–Kier alpha value is -0.760. The summed E-state index contributed by atoms with van der Waals surface area (Å²) < 4.78 is 4.28. The smallest absolute Gasteiger partial charge is 0.204 e. The first-order chi connectivity index (χ1) is 8.40. The summed E-state index contributed by atoms with van der Waals surface area (Å²) in [6.45, 7) is 2.97. The molecule has 0 atom stereocenters. The maximum atomic E-state index is 9.25. The minimum absolute atomic E-state index is 0.0404. The highest BCUT2D eigenvalue weighted by atomic mass is 32.1. The summed E-state index contributed by atoms with van der Waals surface area (Å²) in [5.74, 6) is 0.768. The van der Waals surface area contributed by atoms with Gasteiger partial charge in [-0.3, -0.25) is 4.90 Å². The van der Waals surface area contributed by atoms with E-state index < -0.39 is 5.41 Å². The van der Waals surface area contributed by atoms with E-state index in [1.807, 2.05) is 37.9 Å². The van der Waals surface area contributed by atoms with Crippen molar-refractivity contribution in [1.82, 2.24) is 14.3 Å². The van der Waals surface area contributed by atoms with Gasteiger partial charge in [0.1, 0.15) is 0 Å². The van der Waals surface area contributed by atoms with Crippen molar-refractivity contribution < 1.29 is 10.2 Å². The van der Waals surface area contributed by atoms with Gasteiger partial charge in [-0.2, -0.15) is 4.37 Å². The van der Waals surface area contributed by atoms with E-state index in [9.17, 15) is 10.2 Å². The molecule has 104 valence electrons. The van der Waals surface area contributed by atoms with Gasteiger partial charge in [-0.15, -0.1) is 0 Å². The molecule has 0 radical (unpaired) electrons. The first kappa shape index (κ1) is 15.3. The van der Waals surface area contributed by atoms with Gasteiger partial charge < -0.3 is 15.1 Å². The van der Waals surface area contributed by atoms with Crippen molar-refractivity contribution in [3.8, 4) is 0 Å². The molecule has 1 aromatic rings. The molecule has 0 fully saturated rings. The highest BCUT2D eigenvalue weighted by Gasteiger charge is 2.24. The Morgan fingerprint density at radius 3 is 2.28 bits per heavy atom. The van der Waals surface area contributed by atoms with E-state index in [1.54, 1.807) is 0 Å². The molecule has 6 nitrogen and oxygen atoms in total. The van der Waals surface area contributed by atoms with Crippen LogP contribution in [0.2, 0.25) is 0 Å². The average Bonchev–Trinajstić information content (AvgIpc) is 2.77. The Morgan fingerprint density at radius 1 is 1.22 bits per heavy atom. The van der Waals surface area contributed by atoms with Crippen molar-refractivity contribution in [3.05, 3.63) is 5.82 Å². The SMILES string of the molecule is CN(Cc1nsc(N(C)C)n1)CC(C)(CO)CO. The van der Waals surface area contributed by atoms with Gasteiger partial charge in [0, 0.05) is 37.6 Å². The van der Waals surface area contributed by atoms with E-state index in [1.165, 1.54) is 11.5 Å². The van der Waals surface area contributed by atoms with Crippen LogP contribution in [0.3, 0.4) is 0 Å². The number of hydrogen-bond acceptors (Lipinski definition) is 7. The van der Waals surface area contributed by atoms with Gasteiger partial charge in [-0.05, 0) is 7.05 Å². The van der Waals surface area contributed by atoms with Crippen LogP contribution >= 0.6 is 11.5 Å². The standard InChI is InChI=1S/C11H22N4O2S/c1-11(7-16,8-17)6-15(4)5-9-12-10(14(2)3)18-13-9/h16-17H,5-8H2,1-4H3. The maximum absolute atomic E-state index is 9.25. The number of hydrogen-bond donors (Lipinski definition) is 2.